The number of pyridine rings is 1. The molecular weight excluding hydrogens is 330 g/mol. The fraction of sp³-hybridized carbons (Fsp3) is 0.474. The molecule has 0 radical (unpaired) electrons. The first-order chi connectivity index (χ1) is 12.6. The lowest BCUT2D eigenvalue weighted by Gasteiger charge is -2.21. The number of hydrogen-bond acceptors (Lipinski definition) is 5. The monoisotopic (exact) mass is 351 g/mol. The fourth-order valence-corrected chi connectivity index (χ4v) is 3.96. The van der Waals surface area contributed by atoms with Gasteiger partial charge in [0.15, 0.2) is 0 Å². The van der Waals surface area contributed by atoms with Gasteiger partial charge in [-0.3, -0.25) is 9.89 Å². The molecule has 134 valence electrons. The van der Waals surface area contributed by atoms with Crippen molar-refractivity contribution in [3.05, 3.63) is 40.0 Å². The maximum absolute atomic E-state index is 13.3. The molecule has 0 unspecified atom stereocenters. The molecule has 1 aliphatic heterocycles. The van der Waals surface area contributed by atoms with Gasteiger partial charge < -0.3 is 9.42 Å². The van der Waals surface area contributed by atoms with Crippen LogP contribution in [-0.4, -0.2) is 44.2 Å². The zero-order chi connectivity index (χ0) is 17.8. The number of amides is 1. The molecule has 1 amide bonds. The average Bonchev–Trinajstić information content (AvgIpc) is 3.35. The van der Waals surface area contributed by atoms with Crippen LogP contribution in [0.2, 0.25) is 0 Å². The zero-order valence-electron chi connectivity index (χ0n) is 15.0. The summed E-state index contributed by atoms with van der Waals surface area (Å²) < 4.78 is 5.27. The number of nitrogens with zero attached hydrogens (tertiary/aromatic N) is 4. The van der Waals surface area contributed by atoms with E-state index in [0.717, 1.165) is 23.9 Å². The number of carbonyl (C=O) groups excluding carboxylic acids is 1. The molecule has 5 rings (SSSR count). The minimum absolute atomic E-state index is 0.0258. The van der Waals surface area contributed by atoms with Gasteiger partial charge in [0.25, 0.3) is 11.6 Å². The Morgan fingerprint density at radius 2 is 2.08 bits per heavy atom. The van der Waals surface area contributed by atoms with E-state index in [1.807, 2.05) is 24.8 Å². The standard InChI is InChI=1S/C19H21N5O2/c1-10-9-14(16-11(2)23-26-18(16)20-10)19(25)24-7-5-13-15(6-8-24)21-22-17(13)12-3-4-12/h9,12H,3-8H2,1-2H3,(H,21,22). The SMILES string of the molecule is Cc1cc(C(=O)N2CCc3[nH]nc(C4CC4)c3CC2)c2c(C)noc2n1. The van der Waals surface area contributed by atoms with Crippen LogP contribution >= 0.6 is 0 Å². The van der Waals surface area contributed by atoms with Crippen LogP contribution in [0.5, 0.6) is 0 Å². The lowest BCUT2D eigenvalue weighted by molar-refractivity contribution is 0.0764. The highest BCUT2D eigenvalue weighted by atomic mass is 16.5. The Labute approximate surface area is 150 Å². The fourth-order valence-electron chi connectivity index (χ4n) is 3.96. The minimum Gasteiger partial charge on any atom is -0.338 e. The minimum atomic E-state index is 0.0258. The number of hydrogen-bond donors (Lipinski definition) is 1. The van der Waals surface area contributed by atoms with Gasteiger partial charge in [-0.2, -0.15) is 5.10 Å². The molecule has 1 fully saturated rings. The van der Waals surface area contributed by atoms with Crippen LogP contribution in [0, 0.1) is 13.8 Å². The van der Waals surface area contributed by atoms with Crippen LogP contribution < -0.4 is 0 Å². The highest BCUT2D eigenvalue weighted by Gasteiger charge is 2.32. The van der Waals surface area contributed by atoms with E-state index in [4.69, 9.17) is 4.52 Å². The predicted molar refractivity (Wildman–Crippen MR) is 95.2 cm³/mol. The summed E-state index contributed by atoms with van der Waals surface area (Å²) in [6, 6.07) is 1.84. The Hall–Kier alpha value is -2.70. The highest BCUT2D eigenvalue weighted by molar-refractivity contribution is 6.06. The van der Waals surface area contributed by atoms with Crippen molar-refractivity contribution in [2.45, 2.75) is 45.4 Å². The van der Waals surface area contributed by atoms with E-state index in [9.17, 15) is 4.79 Å². The van der Waals surface area contributed by atoms with Crippen LogP contribution in [0.25, 0.3) is 11.1 Å². The zero-order valence-corrected chi connectivity index (χ0v) is 15.0. The number of H-pyrrole nitrogens is 1. The second-order valence-corrected chi connectivity index (χ2v) is 7.39. The molecule has 1 aliphatic carbocycles. The van der Waals surface area contributed by atoms with Gasteiger partial charge in [-0.1, -0.05) is 5.16 Å². The molecule has 0 aromatic carbocycles. The van der Waals surface area contributed by atoms with Gasteiger partial charge in [0.1, 0.15) is 0 Å². The second kappa shape index (κ2) is 5.65. The van der Waals surface area contributed by atoms with Crippen molar-refractivity contribution in [2.75, 3.05) is 13.1 Å². The van der Waals surface area contributed by atoms with E-state index >= 15 is 0 Å². The van der Waals surface area contributed by atoms with E-state index in [-0.39, 0.29) is 5.91 Å². The van der Waals surface area contributed by atoms with Gasteiger partial charge in [0.05, 0.1) is 22.3 Å². The largest absolute Gasteiger partial charge is 0.338 e. The summed E-state index contributed by atoms with van der Waals surface area (Å²) in [5.41, 5.74) is 6.29. The number of nitrogens with one attached hydrogen (secondary N) is 1. The number of aromatic amines is 1. The van der Waals surface area contributed by atoms with Crippen LogP contribution in [0.1, 0.15) is 57.5 Å². The van der Waals surface area contributed by atoms with Gasteiger partial charge in [-0.05, 0) is 44.7 Å². The van der Waals surface area contributed by atoms with Gasteiger partial charge in [-0.25, -0.2) is 4.98 Å². The van der Waals surface area contributed by atoms with Gasteiger partial charge in [-0.15, -0.1) is 0 Å². The molecule has 1 saturated carbocycles. The summed E-state index contributed by atoms with van der Waals surface area (Å²) in [7, 11) is 0. The Morgan fingerprint density at radius 3 is 2.88 bits per heavy atom. The normalized spacial score (nSPS) is 17.4. The van der Waals surface area contributed by atoms with Gasteiger partial charge in [0, 0.05) is 36.8 Å². The van der Waals surface area contributed by atoms with Crippen molar-refractivity contribution in [3.63, 3.8) is 0 Å². The molecular formula is C19H21N5O2. The van der Waals surface area contributed by atoms with Gasteiger partial charge in [0.2, 0.25) is 0 Å². The summed E-state index contributed by atoms with van der Waals surface area (Å²) in [4.78, 5) is 19.6. The summed E-state index contributed by atoms with van der Waals surface area (Å²) in [5, 5.41) is 12.4. The molecule has 26 heavy (non-hydrogen) atoms. The lowest BCUT2D eigenvalue weighted by Crippen LogP contribution is -2.33. The van der Waals surface area contributed by atoms with Crippen LogP contribution in [0.3, 0.4) is 0 Å². The number of carbonyl (C=O) groups is 1. The summed E-state index contributed by atoms with van der Waals surface area (Å²) in [6.45, 7) is 5.11. The first kappa shape index (κ1) is 15.5. The lowest BCUT2D eigenvalue weighted by atomic mass is 10.1. The second-order valence-electron chi connectivity index (χ2n) is 7.39. The van der Waals surface area contributed by atoms with E-state index in [1.165, 1.54) is 29.8 Å². The van der Waals surface area contributed by atoms with E-state index in [1.54, 1.807) is 0 Å². The van der Waals surface area contributed by atoms with E-state index < -0.39 is 0 Å². The van der Waals surface area contributed by atoms with E-state index in [0.29, 0.717) is 36.0 Å². The van der Waals surface area contributed by atoms with E-state index in [2.05, 4.69) is 20.3 Å². The van der Waals surface area contributed by atoms with Crippen molar-refractivity contribution in [1.29, 1.82) is 0 Å². The Morgan fingerprint density at radius 1 is 1.27 bits per heavy atom. The van der Waals surface area contributed by atoms with Crippen molar-refractivity contribution < 1.29 is 9.32 Å². The summed E-state index contributed by atoms with van der Waals surface area (Å²) in [5.74, 6) is 0.650. The third-order valence-electron chi connectivity index (χ3n) is 5.48. The molecule has 1 N–H and O–H groups in total. The highest BCUT2D eigenvalue weighted by Crippen LogP contribution is 2.41. The van der Waals surface area contributed by atoms with Crippen LogP contribution in [-0.2, 0) is 12.8 Å². The number of fused-ring (bicyclic) bond motifs is 2. The molecule has 4 heterocycles. The molecule has 0 spiro atoms. The topological polar surface area (TPSA) is 87.9 Å². The maximum Gasteiger partial charge on any atom is 0.258 e. The molecule has 3 aromatic rings. The molecule has 0 saturated heterocycles. The molecule has 7 nitrogen and oxygen atoms in total. The molecule has 7 heteroatoms. The van der Waals surface area contributed by atoms with Gasteiger partial charge >= 0.3 is 0 Å². The van der Waals surface area contributed by atoms with Crippen molar-refractivity contribution in [2.24, 2.45) is 0 Å². The predicted octanol–water partition coefficient (Wildman–Crippen LogP) is 2.68. The molecule has 0 bridgehead atoms. The third-order valence-corrected chi connectivity index (χ3v) is 5.48. The first-order valence-electron chi connectivity index (χ1n) is 9.20. The number of rotatable bonds is 2. The third kappa shape index (κ3) is 2.41. The Kier molecular flexibility index (Phi) is 3.38. The molecule has 3 aromatic heterocycles. The Balaban J connectivity index is 1.46. The summed E-state index contributed by atoms with van der Waals surface area (Å²) >= 11 is 0. The molecule has 0 atom stereocenters. The van der Waals surface area contributed by atoms with Crippen molar-refractivity contribution in [3.8, 4) is 0 Å². The quantitative estimate of drug-likeness (QED) is 0.767. The summed E-state index contributed by atoms with van der Waals surface area (Å²) in [6.07, 6.45) is 4.15. The number of aromatic nitrogens is 4. The average molecular weight is 351 g/mol. The van der Waals surface area contributed by atoms with Crippen molar-refractivity contribution in [1.82, 2.24) is 25.2 Å². The molecule has 2 aliphatic rings. The van der Waals surface area contributed by atoms with Crippen molar-refractivity contribution >= 4 is 17.0 Å². The van der Waals surface area contributed by atoms with Crippen LogP contribution in [0.4, 0.5) is 0 Å². The van der Waals surface area contributed by atoms with Crippen LogP contribution in [0.15, 0.2) is 10.6 Å². The maximum atomic E-state index is 13.3. The Bertz CT molecular complexity index is 1010. The first-order valence-corrected chi connectivity index (χ1v) is 9.20. The smallest absolute Gasteiger partial charge is 0.258 e. The number of aryl methyl sites for hydroxylation is 2.